The molecule has 4 aromatic carbocycles. The molecule has 0 saturated heterocycles. The number of benzene rings is 4. The molecule has 6 rings (SSSR count). The van der Waals surface area contributed by atoms with Gasteiger partial charge in [-0.1, -0.05) is 30.3 Å². The van der Waals surface area contributed by atoms with Crippen LogP contribution in [0.3, 0.4) is 0 Å². The quantitative estimate of drug-likeness (QED) is 0.233. The summed E-state index contributed by atoms with van der Waals surface area (Å²) in [5.41, 5.74) is 5.44. The lowest BCUT2D eigenvalue weighted by molar-refractivity contribution is 0.0787. The van der Waals surface area contributed by atoms with Gasteiger partial charge in [-0.05, 0) is 74.2 Å². The Balaban J connectivity index is 1.68. The van der Waals surface area contributed by atoms with E-state index in [0.29, 0.717) is 38.5 Å². The summed E-state index contributed by atoms with van der Waals surface area (Å²) >= 11 is 0. The standard InChI is InChI=1S/C32H26F2N4O4/c1-14-8-10-19-28(26(14)34)37-31(41)38(30(19)40)23-7-5-6-17(15(23)2)24-21(33)13-20(29(35)39)27-25(24)18-11-9-16(32(3,4)42)12-22(18)36-27/h5-13,36,42H,1-4H3,(H2,35,39)(H,37,41). The third-order valence-corrected chi connectivity index (χ3v) is 7.82. The van der Waals surface area contributed by atoms with Crippen molar-refractivity contribution in [3.8, 4) is 16.8 Å². The molecule has 1 amide bonds. The lowest BCUT2D eigenvalue weighted by Gasteiger charge is -2.17. The third kappa shape index (κ3) is 3.94. The molecule has 6 aromatic rings. The topological polar surface area (TPSA) is 134 Å². The Kier molecular flexibility index (Phi) is 5.95. The first-order valence-electron chi connectivity index (χ1n) is 13.1. The Bertz CT molecular complexity index is 2250. The number of hydrogen-bond acceptors (Lipinski definition) is 4. The third-order valence-electron chi connectivity index (χ3n) is 7.82. The second-order valence-corrected chi connectivity index (χ2v) is 11.0. The lowest BCUT2D eigenvalue weighted by Crippen LogP contribution is -2.34. The number of primary amides is 1. The van der Waals surface area contributed by atoms with Gasteiger partial charge in [0.1, 0.15) is 11.6 Å². The van der Waals surface area contributed by atoms with Crippen LogP contribution in [0, 0.1) is 25.5 Å². The molecule has 8 nitrogen and oxygen atoms in total. The molecule has 0 atom stereocenters. The zero-order valence-corrected chi connectivity index (χ0v) is 23.1. The molecular weight excluding hydrogens is 542 g/mol. The number of aromatic nitrogens is 3. The first kappa shape index (κ1) is 27.1. The van der Waals surface area contributed by atoms with Crippen LogP contribution >= 0.6 is 0 Å². The number of carbonyl (C=O) groups is 1. The van der Waals surface area contributed by atoms with E-state index < -0.39 is 34.4 Å². The predicted molar refractivity (Wildman–Crippen MR) is 158 cm³/mol. The summed E-state index contributed by atoms with van der Waals surface area (Å²) in [4.78, 5) is 44.6. The fourth-order valence-corrected chi connectivity index (χ4v) is 5.60. The number of hydrogen-bond donors (Lipinski definition) is 4. The van der Waals surface area contributed by atoms with E-state index in [1.165, 1.54) is 19.1 Å². The minimum atomic E-state index is -1.15. The molecule has 5 N–H and O–H groups in total. The Hall–Kier alpha value is -5.09. The van der Waals surface area contributed by atoms with Crippen molar-refractivity contribution in [1.82, 2.24) is 14.5 Å². The minimum Gasteiger partial charge on any atom is -0.386 e. The molecule has 10 heteroatoms. The number of amides is 1. The van der Waals surface area contributed by atoms with Gasteiger partial charge in [-0.3, -0.25) is 9.59 Å². The van der Waals surface area contributed by atoms with Gasteiger partial charge in [0.2, 0.25) is 0 Å². The summed E-state index contributed by atoms with van der Waals surface area (Å²) in [6.45, 7) is 6.45. The largest absolute Gasteiger partial charge is 0.386 e. The number of carbonyl (C=O) groups excluding carboxylic acids is 1. The summed E-state index contributed by atoms with van der Waals surface area (Å²) in [7, 11) is 0. The molecule has 0 aliphatic heterocycles. The van der Waals surface area contributed by atoms with Crippen molar-refractivity contribution in [3.05, 3.63) is 109 Å². The predicted octanol–water partition coefficient (Wildman–Crippen LogP) is 5.20. The molecule has 0 fully saturated rings. The Morgan fingerprint density at radius 2 is 1.67 bits per heavy atom. The van der Waals surface area contributed by atoms with Crippen LogP contribution in [0.5, 0.6) is 0 Å². The molecule has 0 unspecified atom stereocenters. The van der Waals surface area contributed by atoms with Crippen molar-refractivity contribution < 1.29 is 18.7 Å². The van der Waals surface area contributed by atoms with Crippen LogP contribution in [-0.2, 0) is 5.60 Å². The van der Waals surface area contributed by atoms with E-state index in [-0.39, 0.29) is 33.3 Å². The zero-order valence-electron chi connectivity index (χ0n) is 23.1. The van der Waals surface area contributed by atoms with Gasteiger partial charge in [0, 0.05) is 21.9 Å². The summed E-state index contributed by atoms with van der Waals surface area (Å²) in [5, 5.41) is 11.5. The number of aromatic amines is 2. The number of nitrogens with one attached hydrogen (secondary N) is 2. The van der Waals surface area contributed by atoms with Gasteiger partial charge in [-0.25, -0.2) is 18.1 Å². The maximum Gasteiger partial charge on any atom is 0.333 e. The van der Waals surface area contributed by atoms with Gasteiger partial charge >= 0.3 is 5.69 Å². The number of aliphatic hydroxyl groups is 1. The maximum atomic E-state index is 16.0. The van der Waals surface area contributed by atoms with Gasteiger partial charge in [0.15, 0.2) is 0 Å². The molecule has 2 aromatic heterocycles. The van der Waals surface area contributed by atoms with Crippen molar-refractivity contribution in [2.24, 2.45) is 5.73 Å². The van der Waals surface area contributed by atoms with Gasteiger partial charge in [0.25, 0.3) is 11.5 Å². The monoisotopic (exact) mass is 568 g/mol. The lowest BCUT2D eigenvalue weighted by atomic mass is 9.91. The van der Waals surface area contributed by atoms with Gasteiger partial charge < -0.3 is 20.8 Å². The normalized spacial score (nSPS) is 12.1. The molecule has 0 aliphatic rings. The zero-order chi connectivity index (χ0) is 30.2. The highest BCUT2D eigenvalue weighted by Gasteiger charge is 2.25. The molecule has 0 radical (unpaired) electrons. The summed E-state index contributed by atoms with van der Waals surface area (Å²) in [6.07, 6.45) is 0. The summed E-state index contributed by atoms with van der Waals surface area (Å²) < 4.78 is 31.6. The van der Waals surface area contributed by atoms with Crippen molar-refractivity contribution in [2.45, 2.75) is 33.3 Å². The van der Waals surface area contributed by atoms with Crippen molar-refractivity contribution in [2.75, 3.05) is 0 Å². The van der Waals surface area contributed by atoms with Crippen LogP contribution in [0.1, 0.15) is 40.9 Å². The first-order valence-corrected chi connectivity index (χ1v) is 13.1. The number of fused-ring (bicyclic) bond motifs is 4. The van der Waals surface area contributed by atoms with Crippen molar-refractivity contribution in [1.29, 1.82) is 0 Å². The average molecular weight is 569 g/mol. The number of aryl methyl sites for hydroxylation is 1. The van der Waals surface area contributed by atoms with Crippen LogP contribution in [0.15, 0.2) is 64.2 Å². The highest BCUT2D eigenvalue weighted by Crippen LogP contribution is 2.41. The van der Waals surface area contributed by atoms with Gasteiger partial charge in [-0.2, -0.15) is 0 Å². The molecule has 0 spiro atoms. The second-order valence-electron chi connectivity index (χ2n) is 11.0. The highest BCUT2D eigenvalue weighted by molar-refractivity contribution is 6.20. The van der Waals surface area contributed by atoms with Crippen molar-refractivity contribution >= 4 is 38.6 Å². The smallest absolute Gasteiger partial charge is 0.333 e. The fourth-order valence-electron chi connectivity index (χ4n) is 5.60. The van der Waals surface area contributed by atoms with Crippen LogP contribution in [0.4, 0.5) is 8.78 Å². The average Bonchev–Trinajstić information content (AvgIpc) is 3.30. The Morgan fingerprint density at radius 3 is 2.36 bits per heavy atom. The number of nitrogens with zero attached hydrogens (tertiary/aromatic N) is 1. The van der Waals surface area contributed by atoms with Gasteiger partial charge in [-0.15, -0.1) is 0 Å². The number of nitrogens with two attached hydrogens (primary N) is 1. The minimum absolute atomic E-state index is 0.0128. The molecule has 42 heavy (non-hydrogen) atoms. The second kappa shape index (κ2) is 9.22. The number of H-pyrrole nitrogens is 2. The first-order chi connectivity index (χ1) is 19.8. The fraction of sp³-hybridized carbons (Fsp3) is 0.156. The molecule has 0 aliphatic carbocycles. The molecular formula is C32H26F2N4O4. The highest BCUT2D eigenvalue weighted by atomic mass is 19.1. The summed E-state index contributed by atoms with van der Waals surface area (Å²) in [6, 6.07) is 13.9. The Labute approximate surface area is 237 Å². The van der Waals surface area contributed by atoms with Gasteiger partial charge in [0.05, 0.1) is 33.3 Å². The molecule has 0 saturated carbocycles. The van der Waals surface area contributed by atoms with E-state index in [4.69, 9.17) is 5.73 Å². The molecule has 212 valence electrons. The SMILES string of the molecule is Cc1ccc2c(=O)n(-c3cccc(-c4c(F)cc(C(N)=O)c5[nH]c6cc(C(C)(C)O)ccc6c45)c3C)c(=O)[nH]c2c1F. The van der Waals surface area contributed by atoms with E-state index in [1.54, 1.807) is 57.2 Å². The van der Waals surface area contributed by atoms with Crippen molar-refractivity contribution in [3.63, 3.8) is 0 Å². The summed E-state index contributed by atoms with van der Waals surface area (Å²) in [5.74, 6) is -2.26. The van der Waals surface area contributed by atoms with Crippen LogP contribution in [0.2, 0.25) is 0 Å². The van der Waals surface area contributed by atoms with E-state index >= 15 is 4.39 Å². The van der Waals surface area contributed by atoms with Crippen LogP contribution in [0.25, 0.3) is 49.5 Å². The molecule has 2 heterocycles. The van der Waals surface area contributed by atoms with Crippen LogP contribution < -0.4 is 17.0 Å². The van der Waals surface area contributed by atoms with E-state index in [9.17, 15) is 23.9 Å². The number of halogens is 2. The number of rotatable bonds is 4. The Morgan fingerprint density at radius 1 is 0.952 bits per heavy atom. The van der Waals surface area contributed by atoms with E-state index in [0.717, 1.165) is 10.6 Å². The molecule has 0 bridgehead atoms. The van der Waals surface area contributed by atoms with E-state index in [2.05, 4.69) is 9.97 Å². The van der Waals surface area contributed by atoms with Crippen LogP contribution in [-0.4, -0.2) is 25.5 Å². The van der Waals surface area contributed by atoms with E-state index in [1.807, 2.05) is 0 Å². The maximum absolute atomic E-state index is 16.0.